The number of pyridine rings is 1. The number of benzene rings is 1. The Bertz CT molecular complexity index is 852. The average Bonchev–Trinajstić information content (AvgIpc) is 2.66. The first-order valence-corrected chi connectivity index (χ1v) is 8.95. The molecule has 1 unspecified atom stereocenters. The molecule has 1 aromatic carbocycles. The Morgan fingerprint density at radius 3 is 2.85 bits per heavy atom. The molecule has 1 fully saturated rings. The third-order valence-electron chi connectivity index (χ3n) is 4.63. The van der Waals surface area contributed by atoms with Gasteiger partial charge in [0.2, 0.25) is 0 Å². The summed E-state index contributed by atoms with van der Waals surface area (Å²) in [6, 6.07) is 7.58. The van der Waals surface area contributed by atoms with Crippen molar-refractivity contribution >= 4 is 22.8 Å². The molecule has 1 aliphatic heterocycles. The first-order chi connectivity index (χ1) is 13.0. The van der Waals surface area contributed by atoms with E-state index < -0.39 is 5.97 Å². The van der Waals surface area contributed by atoms with E-state index in [9.17, 15) is 9.59 Å². The van der Waals surface area contributed by atoms with Gasteiger partial charge in [-0.2, -0.15) is 0 Å². The van der Waals surface area contributed by atoms with E-state index in [1.165, 1.54) is 0 Å². The lowest BCUT2D eigenvalue weighted by molar-refractivity contribution is -0.141. The van der Waals surface area contributed by atoms with Crippen LogP contribution in [0, 0.1) is 6.92 Å². The lowest BCUT2D eigenvalue weighted by Gasteiger charge is -2.31. The summed E-state index contributed by atoms with van der Waals surface area (Å²) in [5.74, 6) is -0.786. The molecule has 1 aliphatic rings. The van der Waals surface area contributed by atoms with E-state index in [2.05, 4.69) is 4.98 Å². The number of aromatic nitrogens is 1. The van der Waals surface area contributed by atoms with Gasteiger partial charge in [-0.3, -0.25) is 4.79 Å². The summed E-state index contributed by atoms with van der Waals surface area (Å²) in [7, 11) is 1.55. The molecule has 2 aromatic rings. The molecule has 0 N–H and O–H groups in total. The highest BCUT2D eigenvalue weighted by Crippen LogP contribution is 2.24. The minimum Gasteiger partial charge on any atom is -0.452 e. The van der Waals surface area contributed by atoms with E-state index in [-0.39, 0.29) is 25.2 Å². The fourth-order valence-corrected chi connectivity index (χ4v) is 3.29. The van der Waals surface area contributed by atoms with Crippen molar-refractivity contribution in [3.8, 4) is 0 Å². The summed E-state index contributed by atoms with van der Waals surface area (Å²) in [5.41, 5.74) is 2.42. The van der Waals surface area contributed by atoms with Gasteiger partial charge in [0.05, 0.1) is 36.1 Å². The molecular weight excluding hydrogens is 348 g/mol. The molecule has 7 heteroatoms. The molecule has 1 aromatic heterocycles. The maximum atomic E-state index is 12.7. The summed E-state index contributed by atoms with van der Waals surface area (Å²) in [5, 5.41) is 0.873. The predicted octanol–water partition coefficient (Wildman–Crippen LogP) is 2.09. The molecule has 2 heterocycles. The van der Waals surface area contributed by atoms with E-state index >= 15 is 0 Å². The van der Waals surface area contributed by atoms with Crippen LogP contribution >= 0.6 is 0 Å². The van der Waals surface area contributed by atoms with Gasteiger partial charge in [0, 0.05) is 25.6 Å². The normalized spacial score (nSPS) is 17.1. The van der Waals surface area contributed by atoms with Crippen LogP contribution in [-0.4, -0.2) is 61.3 Å². The Morgan fingerprint density at radius 2 is 2.11 bits per heavy atom. The SMILES string of the molecule is COCc1nc2ccccc2c(C)c1C(=O)OCC(=O)N1CCOC(C)C1. The van der Waals surface area contributed by atoms with Crippen molar-refractivity contribution in [3.63, 3.8) is 0 Å². The van der Waals surface area contributed by atoms with Crippen LogP contribution in [0.1, 0.15) is 28.5 Å². The lowest BCUT2D eigenvalue weighted by atomic mass is 10.0. The van der Waals surface area contributed by atoms with Gasteiger partial charge in [0.25, 0.3) is 5.91 Å². The van der Waals surface area contributed by atoms with Crippen molar-refractivity contribution in [2.75, 3.05) is 33.4 Å². The van der Waals surface area contributed by atoms with Gasteiger partial charge in [0.1, 0.15) is 0 Å². The highest BCUT2D eigenvalue weighted by Gasteiger charge is 2.24. The zero-order valence-electron chi connectivity index (χ0n) is 15.9. The summed E-state index contributed by atoms with van der Waals surface area (Å²) in [6.45, 7) is 5.15. The first kappa shape index (κ1) is 19.3. The Kier molecular flexibility index (Phi) is 6.03. The Hall–Kier alpha value is -2.51. The van der Waals surface area contributed by atoms with E-state index in [1.54, 1.807) is 12.0 Å². The van der Waals surface area contributed by atoms with Crippen molar-refractivity contribution in [1.82, 2.24) is 9.88 Å². The highest BCUT2D eigenvalue weighted by atomic mass is 16.5. The number of aryl methyl sites for hydroxylation is 1. The monoisotopic (exact) mass is 372 g/mol. The zero-order chi connectivity index (χ0) is 19.4. The molecule has 1 amide bonds. The fraction of sp³-hybridized carbons (Fsp3) is 0.450. The maximum absolute atomic E-state index is 12.7. The molecule has 1 saturated heterocycles. The Labute approximate surface area is 158 Å². The van der Waals surface area contributed by atoms with Crippen molar-refractivity contribution < 1.29 is 23.8 Å². The smallest absolute Gasteiger partial charge is 0.340 e. The molecule has 0 bridgehead atoms. The van der Waals surface area contributed by atoms with E-state index in [0.717, 1.165) is 16.5 Å². The summed E-state index contributed by atoms with van der Waals surface area (Å²) >= 11 is 0. The minimum atomic E-state index is -0.563. The molecule has 3 rings (SSSR count). The summed E-state index contributed by atoms with van der Waals surface area (Å²) in [4.78, 5) is 31.3. The summed E-state index contributed by atoms with van der Waals surface area (Å²) in [6.07, 6.45) is -0.0151. The second-order valence-corrected chi connectivity index (χ2v) is 6.61. The maximum Gasteiger partial charge on any atom is 0.340 e. The third kappa shape index (κ3) is 4.26. The second-order valence-electron chi connectivity index (χ2n) is 6.61. The molecule has 1 atom stereocenters. The number of methoxy groups -OCH3 is 1. The van der Waals surface area contributed by atoms with Crippen LogP contribution in [0.4, 0.5) is 0 Å². The standard InChI is InChI=1S/C20H24N2O5/c1-13-10-22(8-9-26-13)18(23)12-27-20(24)19-14(2)15-6-4-5-7-16(15)21-17(19)11-25-3/h4-7,13H,8-12H2,1-3H3. The van der Waals surface area contributed by atoms with Crippen molar-refractivity contribution in [2.24, 2.45) is 0 Å². The van der Waals surface area contributed by atoms with E-state index in [1.807, 2.05) is 38.1 Å². The largest absolute Gasteiger partial charge is 0.452 e. The van der Waals surface area contributed by atoms with Crippen LogP contribution in [-0.2, 0) is 25.6 Å². The predicted molar refractivity (Wildman–Crippen MR) is 99.5 cm³/mol. The number of para-hydroxylation sites is 1. The number of amides is 1. The van der Waals surface area contributed by atoms with Crippen molar-refractivity contribution in [1.29, 1.82) is 0 Å². The molecule has 27 heavy (non-hydrogen) atoms. The number of esters is 1. The molecule has 0 spiro atoms. The van der Waals surface area contributed by atoms with Crippen LogP contribution < -0.4 is 0 Å². The van der Waals surface area contributed by atoms with Crippen LogP contribution in [0.15, 0.2) is 24.3 Å². The van der Waals surface area contributed by atoms with Crippen molar-refractivity contribution in [3.05, 3.63) is 41.1 Å². The van der Waals surface area contributed by atoms with E-state index in [0.29, 0.717) is 31.0 Å². The molecule has 0 saturated carbocycles. The number of morpholine rings is 1. The van der Waals surface area contributed by atoms with Crippen LogP contribution in [0.2, 0.25) is 0 Å². The van der Waals surface area contributed by atoms with Gasteiger partial charge in [-0.15, -0.1) is 0 Å². The van der Waals surface area contributed by atoms with Crippen LogP contribution in [0.25, 0.3) is 10.9 Å². The quantitative estimate of drug-likeness (QED) is 0.748. The van der Waals surface area contributed by atoms with E-state index in [4.69, 9.17) is 14.2 Å². The van der Waals surface area contributed by atoms with Crippen LogP contribution in [0.5, 0.6) is 0 Å². The zero-order valence-corrected chi connectivity index (χ0v) is 15.9. The van der Waals surface area contributed by atoms with Gasteiger partial charge in [0.15, 0.2) is 6.61 Å². The number of hydrogen-bond donors (Lipinski definition) is 0. The van der Waals surface area contributed by atoms with Gasteiger partial charge < -0.3 is 19.1 Å². The molecular formula is C20H24N2O5. The molecule has 0 radical (unpaired) electrons. The number of hydrogen-bond acceptors (Lipinski definition) is 6. The van der Waals surface area contributed by atoms with Gasteiger partial charge in [-0.05, 0) is 25.5 Å². The minimum absolute atomic E-state index is 0.0151. The number of carbonyl (C=O) groups is 2. The summed E-state index contributed by atoms with van der Waals surface area (Å²) < 4.78 is 16.0. The Morgan fingerprint density at radius 1 is 1.33 bits per heavy atom. The Balaban J connectivity index is 1.79. The first-order valence-electron chi connectivity index (χ1n) is 8.95. The third-order valence-corrected chi connectivity index (χ3v) is 4.63. The topological polar surface area (TPSA) is 78.0 Å². The fourth-order valence-electron chi connectivity index (χ4n) is 3.29. The number of nitrogens with zero attached hydrogens (tertiary/aromatic N) is 2. The van der Waals surface area contributed by atoms with Crippen molar-refractivity contribution in [2.45, 2.75) is 26.6 Å². The van der Waals surface area contributed by atoms with Crippen LogP contribution in [0.3, 0.4) is 0 Å². The van der Waals surface area contributed by atoms with Gasteiger partial charge in [-0.1, -0.05) is 18.2 Å². The highest BCUT2D eigenvalue weighted by molar-refractivity contribution is 5.99. The van der Waals surface area contributed by atoms with Gasteiger partial charge in [-0.25, -0.2) is 9.78 Å². The second kappa shape index (κ2) is 8.45. The number of carbonyl (C=O) groups excluding carboxylic acids is 2. The molecule has 144 valence electrons. The lowest BCUT2D eigenvalue weighted by Crippen LogP contribution is -2.46. The number of rotatable bonds is 5. The average molecular weight is 372 g/mol. The van der Waals surface area contributed by atoms with Gasteiger partial charge >= 0.3 is 5.97 Å². The number of ether oxygens (including phenoxy) is 3. The molecule has 0 aliphatic carbocycles. The number of fused-ring (bicyclic) bond motifs is 1. The molecule has 7 nitrogen and oxygen atoms in total.